The van der Waals surface area contributed by atoms with Crippen molar-refractivity contribution >= 4 is 23.4 Å². The molecule has 0 aromatic carbocycles. The van der Waals surface area contributed by atoms with Gasteiger partial charge in [0.05, 0.1) is 6.54 Å². The second-order valence-corrected chi connectivity index (χ2v) is 3.41. The molecule has 0 atom stereocenters. The average Bonchev–Trinajstić information content (AvgIpc) is 2.71. The molecule has 2 aromatic rings. The van der Waals surface area contributed by atoms with E-state index >= 15 is 0 Å². The van der Waals surface area contributed by atoms with Crippen molar-refractivity contribution in [3.05, 3.63) is 22.4 Å². The first kappa shape index (κ1) is 8.06. The van der Waals surface area contributed by atoms with Crippen molar-refractivity contribution in [3.8, 4) is 0 Å². The molecular formula is C7H8N4OS. The molecule has 0 spiro atoms. The van der Waals surface area contributed by atoms with Gasteiger partial charge in [-0.15, -0.1) is 11.3 Å². The highest BCUT2D eigenvalue weighted by atomic mass is 32.1. The van der Waals surface area contributed by atoms with Crippen molar-refractivity contribution in [2.75, 3.05) is 11.1 Å². The number of nitrogens with one attached hydrogen (secondary N) is 1. The lowest BCUT2D eigenvalue weighted by Gasteiger charge is -1.96. The molecule has 0 aliphatic rings. The van der Waals surface area contributed by atoms with Crippen LogP contribution in [0.15, 0.2) is 21.9 Å². The summed E-state index contributed by atoms with van der Waals surface area (Å²) >= 11 is 1.67. The first-order valence-corrected chi connectivity index (χ1v) is 4.58. The predicted octanol–water partition coefficient (Wildman–Crippen LogP) is 1.33. The molecule has 0 saturated carbocycles. The van der Waals surface area contributed by atoms with Crippen molar-refractivity contribution in [1.29, 1.82) is 0 Å². The summed E-state index contributed by atoms with van der Waals surface area (Å²) in [6.07, 6.45) is 0. The first-order chi connectivity index (χ1) is 6.34. The molecular weight excluding hydrogens is 188 g/mol. The maximum atomic E-state index is 5.25. The molecule has 0 bridgehead atoms. The molecule has 0 aliphatic carbocycles. The summed E-state index contributed by atoms with van der Waals surface area (Å²) in [5, 5.41) is 12.2. The van der Waals surface area contributed by atoms with Crippen molar-refractivity contribution in [3.63, 3.8) is 0 Å². The zero-order chi connectivity index (χ0) is 9.10. The lowest BCUT2D eigenvalue weighted by molar-refractivity contribution is 0.586. The molecule has 2 heterocycles. The molecule has 68 valence electrons. The van der Waals surface area contributed by atoms with E-state index in [1.807, 2.05) is 17.5 Å². The van der Waals surface area contributed by atoms with E-state index in [1.54, 1.807) is 11.3 Å². The molecule has 0 radical (unpaired) electrons. The standard InChI is InChI=1S/C7H8N4OS/c8-6-10-11-7(12-6)9-4-5-2-1-3-13-5/h1-3H,4H2,(H2,8,10)(H,9,11). The second-order valence-electron chi connectivity index (χ2n) is 2.38. The minimum atomic E-state index is 0.0775. The number of hydrogen-bond acceptors (Lipinski definition) is 6. The third kappa shape index (κ3) is 1.97. The van der Waals surface area contributed by atoms with Gasteiger partial charge in [0.15, 0.2) is 0 Å². The highest BCUT2D eigenvalue weighted by molar-refractivity contribution is 7.09. The first-order valence-electron chi connectivity index (χ1n) is 3.70. The number of rotatable bonds is 3. The Hall–Kier alpha value is -1.56. The summed E-state index contributed by atoms with van der Waals surface area (Å²) in [6.45, 7) is 0.680. The molecule has 13 heavy (non-hydrogen) atoms. The van der Waals surface area contributed by atoms with Gasteiger partial charge in [0.2, 0.25) is 0 Å². The van der Waals surface area contributed by atoms with Gasteiger partial charge in [0, 0.05) is 4.88 Å². The molecule has 0 saturated heterocycles. The molecule has 5 nitrogen and oxygen atoms in total. The third-order valence-electron chi connectivity index (χ3n) is 1.43. The summed E-state index contributed by atoms with van der Waals surface area (Å²) in [4.78, 5) is 1.21. The van der Waals surface area contributed by atoms with Crippen LogP contribution in [0.5, 0.6) is 0 Å². The van der Waals surface area contributed by atoms with E-state index in [1.165, 1.54) is 4.88 Å². The fourth-order valence-electron chi connectivity index (χ4n) is 0.882. The summed E-state index contributed by atoms with van der Waals surface area (Å²) in [7, 11) is 0. The van der Waals surface area contributed by atoms with Crippen LogP contribution in [-0.2, 0) is 6.54 Å². The van der Waals surface area contributed by atoms with Gasteiger partial charge in [-0.05, 0) is 11.4 Å². The van der Waals surface area contributed by atoms with Crippen molar-refractivity contribution < 1.29 is 4.42 Å². The molecule has 6 heteroatoms. The lowest BCUT2D eigenvalue weighted by atomic mass is 10.5. The minimum Gasteiger partial charge on any atom is -0.390 e. The largest absolute Gasteiger partial charge is 0.390 e. The second kappa shape index (κ2) is 3.44. The van der Waals surface area contributed by atoms with E-state index in [0.717, 1.165) is 0 Å². The number of nitrogens with zero attached hydrogens (tertiary/aromatic N) is 2. The van der Waals surface area contributed by atoms with Crippen LogP contribution in [0.25, 0.3) is 0 Å². The number of aromatic nitrogens is 2. The summed E-state index contributed by atoms with van der Waals surface area (Å²) < 4.78 is 4.93. The van der Waals surface area contributed by atoms with E-state index in [-0.39, 0.29) is 6.01 Å². The van der Waals surface area contributed by atoms with Crippen LogP contribution in [0.4, 0.5) is 12.0 Å². The highest BCUT2D eigenvalue weighted by Crippen LogP contribution is 2.12. The van der Waals surface area contributed by atoms with Crippen LogP contribution in [0.1, 0.15) is 4.88 Å². The Morgan fingerprint density at radius 1 is 1.54 bits per heavy atom. The molecule has 2 aromatic heterocycles. The fourth-order valence-corrected chi connectivity index (χ4v) is 1.53. The molecule has 0 fully saturated rings. The van der Waals surface area contributed by atoms with Crippen LogP contribution < -0.4 is 11.1 Å². The Bertz CT molecular complexity index is 370. The quantitative estimate of drug-likeness (QED) is 0.774. The predicted molar refractivity (Wildman–Crippen MR) is 50.4 cm³/mol. The van der Waals surface area contributed by atoms with E-state index in [4.69, 9.17) is 10.2 Å². The fraction of sp³-hybridized carbons (Fsp3) is 0.143. The van der Waals surface area contributed by atoms with Gasteiger partial charge < -0.3 is 15.5 Å². The topological polar surface area (TPSA) is 77.0 Å². The Balaban J connectivity index is 1.93. The highest BCUT2D eigenvalue weighted by Gasteiger charge is 2.01. The van der Waals surface area contributed by atoms with Gasteiger partial charge in [-0.3, -0.25) is 0 Å². The Morgan fingerprint density at radius 2 is 2.46 bits per heavy atom. The van der Waals surface area contributed by atoms with Crippen LogP contribution in [0.3, 0.4) is 0 Å². The van der Waals surface area contributed by atoms with Gasteiger partial charge in [-0.2, -0.15) is 0 Å². The Kier molecular flexibility index (Phi) is 2.13. The van der Waals surface area contributed by atoms with E-state index in [2.05, 4.69) is 15.5 Å². The van der Waals surface area contributed by atoms with Crippen LogP contribution in [0, 0.1) is 0 Å². The Morgan fingerprint density at radius 3 is 3.08 bits per heavy atom. The third-order valence-corrected chi connectivity index (χ3v) is 2.31. The van der Waals surface area contributed by atoms with E-state index < -0.39 is 0 Å². The minimum absolute atomic E-state index is 0.0775. The summed E-state index contributed by atoms with van der Waals surface area (Å²) in [6, 6.07) is 4.45. The van der Waals surface area contributed by atoms with Gasteiger partial charge >= 0.3 is 12.0 Å². The maximum absolute atomic E-state index is 5.25. The normalized spacial score (nSPS) is 10.2. The lowest BCUT2D eigenvalue weighted by Crippen LogP contribution is -1.97. The number of nitrogens with two attached hydrogens (primary N) is 1. The van der Waals surface area contributed by atoms with Crippen molar-refractivity contribution in [1.82, 2.24) is 10.2 Å². The van der Waals surface area contributed by atoms with Crippen LogP contribution >= 0.6 is 11.3 Å². The Labute approximate surface area is 78.6 Å². The zero-order valence-corrected chi connectivity index (χ0v) is 7.54. The average molecular weight is 196 g/mol. The van der Waals surface area contributed by atoms with Gasteiger partial charge in [0.25, 0.3) is 0 Å². The van der Waals surface area contributed by atoms with Gasteiger partial charge in [-0.25, -0.2) is 0 Å². The molecule has 0 unspecified atom stereocenters. The summed E-state index contributed by atoms with van der Waals surface area (Å²) in [5.74, 6) is 0. The maximum Gasteiger partial charge on any atom is 0.317 e. The van der Waals surface area contributed by atoms with E-state index in [0.29, 0.717) is 12.6 Å². The molecule has 3 N–H and O–H groups in total. The SMILES string of the molecule is Nc1nnc(NCc2cccs2)o1. The number of anilines is 2. The van der Waals surface area contributed by atoms with Gasteiger partial charge in [0.1, 0.15) is 0 Å². The monoisotopic (exact) mass is 196 g/mol. The molecule has 0 amide bonds. The summed E-state index contributed by atoms with van der Waals surface area (Å²) in [5.41, 5.74) is 5.25. The van der Waals surface area contributed by atoms with Crippen LogP contribution in [-0.4, -0.2) is 10.2 Å². The van der Waals surface area contributed by atoms with Crippen LogP contribution in [0.2, 0.25) is 0 Å². The molecule has 2 rings (SSSR count). The van der Waals surface area contributed by atoms with Gasteiger partial charge in [-0.1, -0.05) is 16.3 Å². The number of thiophene rings is 1. The van der Waals surface area contributed by atoms with Crippen molar-refractivity contribution in [2.45, 2.75) is 6.54 Å². The number of nitrogen functional groups attached to an aromatic ring is 1. The van der Waals surface area contributed by atoms with Crippen molar-refractivity contribution in [2.24, 2.45) is 0 Å². The molecule has 0 aliphatic heterocycles. The zero-order valence-electron chi connectivity index (χ0n) is 6.73. The smallest absolute Gasteiger partial charge is 0.317 e. The van der Waals surface area contributed by atoms with E-state index in [9.17, 15) is 0 Å². The number of hydrogen-bond donors (Lipinski definition) is 2.